The van der Waals surface area contributed by atoms with Crippen LogP contribution in [0.5, 0.6) is 11.5 Å². The molecule has 1 aromatic heterocycles. The number of primary amides is 1. The Labute approximate surface area is 761 Å². The van der Waals surface area contributed by atoms with Gasteiger partial charge in [0.15, 0.2) is 17.5 Å². The largest absolute Gasteiger partial charge is 0.508 e. The maximum atomic E-state index is 15.3. The van der Waals surface area contributed by atoms with Gasteiger partial charge in [0.1, 0.15) is 84.2 Å². The number of carboxylic acid groups (broad SMARTS) is 1. The number of benzene rings is 6. The quantitative estimate of drug-likeness (QED) is 0.0191. The molecule has 0 radical (unpaired) electrons. The number of ether oxygens (including phenoxy) is 1. The zero-order valence-corrected chi connectivity index (χ0v) is 75.7. The van der Waals surface area contributed by atoms with Crippen molar-refractivity contribution in [1.29, 1.82) is 0 Å². The number of nitrogens with zero attached hydrogens (tertiary/aromatic N) is 5. The van der Waals surface area contributed by atoms with E-state index in [9.17, 15) is 77.2 Å². The number of carbonyl (C=O) groups excluding carboxylic acids is 13. The van der Waals surface area contributed by atoms with Gasteiger partial charge in [-0.3, -0.25) is 72.0 Å². The predicted octanol–water partition coefficient (Wildman–Crippen LogP) is 1.96. The molecule has 131 heavy (non-hydrogen) atoms. The van der Waals surface area contributed by atoms with Crippen molar-refractivity contribution < 1.29 is 100 Å². The van der Waals surface area contributed by atoms with Crippen molar-refractivity contribution in [3.63, 3.8) is 0 Å². The summed E-state index contributed by atoms with van der Waals surface area (Å²) in [5.41, 5.74) is 15.0. The smallest absolute Gasteiger partial charge is 0.305 e. The van der Waals surface area contributed by atoms with Crippen LogP contribution in [0.3, 0.4) is 0 Å². The number of aromatic nitrogens is 1. The molecule has 0 aliphatic carbocycles. The standard InChI is InChI=1S/C92H118F3N17O18S/c1-12-108(7)92-80(130-92)67(40-56-29-33-60(113)34-30-56)103-87(125)73(43-54-22-15-13-16-23-54)111(10)91(129)79(51(2)3)107-86(124)70(46-77(117)118)104-81(119)52(4)109(8)88(126)53(5)110(9)90(128)74(44-55-24-17-14-18-25-55)112(11)89(127)71(42-58-38-63(93)78(95)64(94)39-58)101-76(116)50-131-49-72(82(120)100-48-75(97)115)106-83(121)66(28-21-37-96)102-85(123)69(41-57-31-35-61(114)36-32-57)105-84(122)68(98-6)45-59-47-99-65-27-20-19-26-62(59)65/h13-20,22-27,29-36,38-39,47,51-53,66-74,79-80,92,98-99,113-114H,12,21,28,37,40-46,48-50,96H2,1-11H3,(H2,97,115)(H,100,120)(H,101,116)(H,102,123)(H,103,125)(H,104,119)(H,105,122)(H,106,121)(H,107,124)(H,117,118)/t52-,53+,66+,67+,68+,69+,70+,71+,72+,73?,74+,79+,80?,92?/m1/s1. The van der Waals surface area contributed by atoms with E-state index in [4.69, 9.17) is 16.2 Å². The zero-order valence-electron chi connectivity index (χ0n) is 74.9. The van der Waals surface area contributed by atoms with Crippen molar-refractivity contribution in [1.82, 2.24) is 77.3 Å². The number of nitrogens with one attached hydrogen (secondary N) is 10. The molecule has 7 aromatic rings. The topological polar surface area (TPSA) is 504 Å². The zero-order chi connectivity index (χ0) is 96.2. The SMILES string of the molecule is CCN(C)C1OC1[C@H](Cc1ccc(O)cc1)NC(=O)C(Cc1ccccc1)N(C)C(=O)[C@@H](NC(=O)[C@H](CC(=O)O)NC(=O)[C@@H](C)N(C)C(=O)[C@H](C)N(C)C(=O)[C@H](Cc1ccccc1)N(C)C(=O)[C@H](Cc1cc(F)c(F)c(F)c1)NC(=O)CSC[C@H](NC(=O)[C@H](CCCN)NC(=O)[C@H](Cc1ccc(O)cc1)NC(=O)[C@H](Cc1c[nH]c2ccccc12)NC)C(=O)NCC(N)=O)C(C)C. The summed E-state index contributed by atoms with van der Waals surface area (Å²) < 4.78 is 50.8. The Morgan fingerprint density at radius 2 is 1.02 bits per heavy atom. The fraction of sp³-hybridized carbons (Fsp3) is 0.435. The minimum absolute atomic E-state index is 0.00175. The van der Waals surface area contributed by atoms with Gasteiger partial charge in [0.05, 0.1) is 30.8 Å². The second-order valence-electron chi connectivity index (χ2n) is 32.8. The van der Waals surface area contributed by atoms with E-state index < -0.39 is 216 Å². The van der Waals surface area contributed by atoms with Crippen LogP contribution in [0.25, 0.3) is 10.9 Å². The number of nitrogens with two attached hydrogens (primary N) is 2. The summed E-state index contributed by atoms with van der Waals surface area (Å²) in [7, 11) is 8.40. The van der Waals surface area contributed by atoms with Crippen LogP contribution in [0.4, 0.5) is 13.2 Å². The Morgan fingerprint density at radius 3 is 1.60 bits per heavy atom. The predicted molar refractivity (Wildman–Crippen MR) is 482 cm³/mol. The number of para-hydroxylation sites is 1. The van der Waals surface area contributed by atoms with Crippen LogP contribution >= 0.6 is 11.8 Å². The van der Waals surface area contributed by atoms with Crippen LogP contribution < -0.4 is 59.3 Å². The van der Waals surface area contributed by atoms with Crippen LogP contribution in [0.2, 0.25) is 0 Å². The number of thioether (sulfide) groups is 1. The fourth-order valence-corrected chi connectivity index (χ4v) is 15.6. The van der Waals surface area contributed by atoms with E-state index in [1.165, 1.54) is 83.3 Å². The van der Waals surface area contributed by atoms with E-state index >= 15 is 18.4 Å². The molecule has 8 rings (SSSR count). The Bertz CT molecular complexity index is 5120. The normalized spacial score (nSPS) is 15.6. The second-order valence-corrected chi connectivity index (χ2v) is 33.8. The minimum atomic E-state index is -1.89. The lowest BCUT2D eigenvalue weighted by Crippen LogP contribution is -2.61. The minimum Gasteiger partial charge on any atom is -0.508 e. The van der Waals surface area contributed by atoms with E-state index in [-0.39, 0.29) is 74.8 Å². The first-order chi connectivity index (χ1) is 62.2. The van der Waals surface area contributed by atoms with Crippen molar-refractivity contribution in [3.05, 3.63) is 203 Å². The number of hydrogen-bond acceptors (Lipinski definition) is 21. The van der Waals surface area contributed by atoms with Crippen molar-refractivity contribution in [2.45, 2.75) is 177 Å². The average molecular weight is 1840 g/mol. The van der Waals surface area contributed by atoms with Crippen LogP contribution in [0.15, 0.2) is 152 Å². The number of phenols is 2. The molecule has 35 nitrogen and oxygen atoms in total. The van der Waals surface area contributed by atoms with Crippen LogP contribution in [-0.4, -0.2) is 286 Å². The fourth-order valence-electron chi connectivity index (χ4n) is 14.8. The molecule has 1 aliphatic heterocycles. The first kappa shape index (κ1) is 103. The molecular formula is C92H118F3N17O18S. The Morgan fingerprint density at radius 1 is 0.511 bits per heavy atom. The monoisotopic (exact) mass is 1840 g/mol. The first-order valence-electron chi connectivity index (χ1n) is 42.8. The van der Waals surface area contributed by atoms with Gasteiger partial charge in [-0.05, 0) is 148 Å². The third-order valence-electron chi connectivity index (χ3n) is 23.0. The number of carbonyl (C=O) groups is 14. The lowest BCUT2D eigenvalue weighted by molar-refractivity contribution is -0.151. The molecule has 14 atom stereocenters. The number of aromatic hydroxyl groups is 2. The van der Waals surface area contributed by atoms with Crippen molar-refractivity contribution in [3.8, 4) is 11.5 Å². The molecule has 0 bridgehead atoms. The summed E-state index contributed by atoms with van der Waals surface area (Å²) in [6, 6.07) is 20.9. The molecule has 17 N–H and O–H groups in total. The number of epoxide rings is 1. The van der Waals surface area contributed by atoms with Gasteiger partial charge in [0.2, 0.25) is 76.8 Å². The first-order valence-corrected chi connectivity index (χ1v) is 44.0. The number of H-pyrrole nitrogens is 1. The molecule has 39 heteroatoms. The Kier molecular flexibility index (Phi) is 38.8. The summed E-state index contributed by atoms with van der Waals surface area (Å²) in [5.74, 6) is -20.5. The number of amides is 13. The molecule has 6 aromatic carbocycles. The van der Waals surface area contributed by atoms with Gasteiger partial charge in [-0.25, -0.2) is 13.2 Å². The number of aromatic amines is 1. The Hall–Kier alpha value is -13.0. The highest BCUT2D eigenvalue weighted by atomic mass is 32.2. The summed E-state index contributed by atoms with van der Waals surface area (Å²) in [4.78, 5) is 209. The molecule has 1 fully saturated rings. The maximum absolute atomic E-state index is 15.3. The summed E-state index contributed by atoms with van der Waals surface area (Å²) in [6.07, 6.45) is -0.803. The number of rotatable bonds is 50. The van der Waals surface area contributed by atoms with Crippen LogP contribution in [-0.2, 0) is 110 Å². The van der Waals surface area contributed by atoms with Crippen molar-refractivity contribution >= 4 is 105 Å². The van der Waals surface area contributed by atoms with Gasteiger partial charge < -0.3 is 104 Å². The highest BCUT2D eigenvalue weighted by molar-refractivity contribution is 8.00. The van der Waals surface area contributed by atoms with Gasteiger partial charge in [-0.15, -0.1) is 11.8 Å². The second kappa shape index (κ2) is 49.1. The number of halogens is 3. The highest BCUT2D eigenvalue weighted by Gasteiger charge is 2.49. The van der Waals surface area contributed by atoms with Crippen molar-refractivity contribution in [2.75, 3.05) is 73.4 Å². The molecule has 1 saturated heterocycles. The van der Waals surface area contributed by atoms with Gasteiger partial charge in [0.25, 0.3) is 0 Å². The van der Waals surface area contributed by atoms with Gasteiger partial charge in [-0.1, -0.05) is 124 Å². The third kappa shape index (κ3) is 29.8. The molecule has 1 aliphatic rings. The lowest BCUT2D eigenvalue weighted by Gasteiger charge is -2.36. The maximum Gasteiger partial charge on any atom is 0.305 e. The highest BCUT2D eigenvalue weighted by Crippen LogP contribution is 2.31. The summed E-state index contributed by atoms with van der Waals surface area (Å²) in [6.45, 7) is 7.61. The van der Waals surface area contributed by atoms with Gasteiger partial charge in [0, 0.05) is 76.7 Å². The molecular weight excluding hydrogens is 1720 g/mol. The number of carboxylic acids is 1. The van der Waals surface area contributed by atoms with E-state index in [0.717, 1.165) is 36.7 Å². The van der Waals surface area contributed by atoms with E-state index in [1.807, 2.05) is 43.1 Å². The number of hydrogen-bond donors (Lipinski definition) is 15. The summed E-state index contributed by atoms with van der Waals surface area (Å²) in [5, 5.41) is 55.1. The number of phenolic OH excluding ortho intramolecular Hbond substituents is 2. The molecule has 0 spiro atoms. The average Bonchev–Trinajstić information content (AvgIpc) is 1.64. The Balaban J connectivity index is 0.964. The number of likely N-dealkylation sites (N-methyl/N-ethyl adjacent to an activating group) is 6. The third-order valence-corrected chi connectivity index (χ3v) is 24.0. The van der Waals surface area contributed by atoms with Crippen molar-refractivity contribution in [2.24, 2.45) is 17.4 Å². The molecule has 3 unspecified atom stereocenters. The molecule has 2 heterocycles. The molecule has 13 amide bonds. The summed E-state index contributed by atoms with van der Waals surface area (Å²) >= 11 is 0.685. The van der Waals surface area contributed by atoms with E-state index in [1.54, 1.807) is 99.9 Å². The van der Waals surface area contributed by atoms with Gasteiger partial charge >= 0.3 is 5.97 Å². The molecule has 0 saturated carbocycles. The lowest BCUT2D eigenvalue weighted by atomic mass is 9.97. The number of aliphatic carboxylic acids is 1. The number of fused-ring (bicyclic) bond motifs is 1. The van der Waals surface area contributed by atoms with Crippen LogP contribution in [0, 0.1) is 23.4 Å². The van der Waals surface area contributed by atoms with E-state index in [0.29, 0.717) is 47.1 Å². The van der Waals surface area contributed by atoms with Crippen LogP contribution in [0.1, 0.15) is 87.3 Å². The molecule has 706 valence electrons. The van der Waals surface area contributed by atoms with Gasteiger partial charge in [-0.2, -0.15) is 0 Å². The van der Waals surface area contributed by atoms with E-state index in [2.05, 4.69) is 52.8 Å².